The van der Waals surface area contributed by atoms with Crippen molar-refractivity contribution in [2.24, 2.45) is 0 Å². The lowest BCUT2D eigenvalue weighted by atomic mass is 10.1. The topological polar surface area (TPSA) is 69.6 Å². The molecule has 0 radical (unpaired) electrons. The monoisotopic (exact) mass is 250 g/mol. The summed E-state index contributed by atoms with van der Waals surface area (Å²) in [5, 5.41) is 11.9. The van der Waals surface area contributed by atoms with Crippen molar-refractivity contribution in [3.8, 4) is 0 Å². The number of carbonyl (C=O) groups excluding carboxylic acids is 1. The lowest BCUT2D eigenvalue weighted by Crippen LogP contribution is -2.39. The predicted octanol–water partition coefficient (Wildman–Crippen LogP) is 0.880. The van der Waals surface area contributed by atoms with Gasteiger partial charge in [-0.1, -0.05) is 30.3 Å². The Labute approximate surface area is 106 Å². The van der Waals surface area contributed by atoms with E-state index in [1.54, 1.807) is 31.3 Å². The maximum absolute atomic E-state index is 11.5. The van der Waals surface area contributed by atoms with Crippen molar-refractivity contribution in [2.45, 2.75) is 13.0 Å². The van der Waals surface area contributed by atoms with Crippen molar-refractivity contribution < 1.29 is 14.7 Å². The van der Waals surface area contributed by atoms with Crippen LogP contribution >= 0.6 is 0 Å². The molecule has 18 heavy (non-hydrogen) atoms. The first-order chi connectivity index (χ1) is 8.56. The minimum atomic E-state index is -0.965. The molecule has 0 spiro atoms. The van der Waals surface area contributed by atoms with Gasteiger partial charge in [0.05, 0.1) is 6.54 Å². The number of carbonyl (C=O) groups is 2. The summed E-state index contributed by atoms with van der Waals surface area (Å²) in [5.41, 5.74) is 0.664. The zero-order valence-corrected chi connectivity index (χ0v) is 10.6. The molecule has 1 rings (SSSR count). The maximum Gasteiger partial charge on any atom is 0.325 e. The van der Waals surface area contributed by atoms with E-state index in [9.17, 15) is 14.7 Å². The molecule has 1 unspecified atom stereocenters. The molecule has 5 heteroatoms. The maximum atomic E-state index is 11.5. The first-order valence-electron chi connectivity index (χ1n) is 5.81. The number of carboxylic acid groups (broad SMARTS) is 1. The summed E-state index contributed by atoms with van der Waals surface area (Å²) in [6, 6.07) is 8.07. The number of benzene rings is 1. The average molecular weight is 250 g/mol. The molecule has 98 valence electrons. The van der Waals surface area contributed by atoms with Crippen molar-refractivity contribution >= 4 is 11.9 Å². The van der Waals surface area contributed by atoms with Crippen LogP contribution in [0.25, 0.3) is 0 Å². The van der Waals surface area contributed by atoms with Gasteiger partial charge in [-0.05, 0) is 19.5 Å². The summed E-state index contributed by atoms with van der Waals surface area (Å²) in [6.45, 7) is 2.42. The fourth-order valence-corrected chi connectivity index (χ4v) is 1.79. The molecule has 2 N–H and O–H groups in total. The highest BCUT2D eigenvalue weighted by atomic mass is 16.4. The van der Waals surface area contributed by atoms with Crippen LogP contribution in [0.1, 0.15) is 18.5 Å². The highest BCUT2D eigenvalue weighted by molar-refractivity contribution is 5.80. The van der Waals surface area contributed by atoms with E-state index in [2.05, 4.69) is 5.32 Å². The number of hydrogen-bond acceptors (Lipinski definition) is 3. The van der Waals surface area contributed by atoms with Crippen LogP contribution in [0, 0.1) is 0 Å². The fraction of sp³-hybridized carbons (Fsp3) is 0.385. The van der Waals surface area contributed by atoms with E-state index in [1.165, 1.54) is 4.90 Å². The summed E-state index contributed by atoms with van der Waals surface area (Å²) in [7, 11) is 1.63. The zero-order chi connectivity index (χ0) is 13.5. The van der Waals surface area contributed by atoms with Crippen molar-refractivity contribution in [3.63, 3.8) is 0 Å². The highest BCUT2D eigenvalue weighted by Gasteiger charge is 2.25. The number of carboxylic acids is 1. The summed E-state index contributed by atoms with van der Waals surface area (Å²) < 4.78 is 0. The first-order valence-corrected chi connectivity index (χ1v) is 5.81. The molecule has 0 saturated carbocycles. The lowest BCUT2D eigenvalue weighted by molar-refractivity contribution is -0.143. The third kappa shape index (κ3) is 3.85. The van der Waals surface area contributed by atoms with Gasteiger partial charge in [-0.25, -0.2) is 0 Å². The summed E-state index contributed by atoms with van der Waals surface area (Å²) in [4.78, 5) is 24.3. The number of rotatable bonds is 6. The molecule has 0 saturated heterocycles. The van der Waals surface area contributed by atoms with Crippen molar-refractivity contribution in [2.75, 3.05) is 20.1 Å². The minimum absolute atomic E-state index is 0.0553. The van der Waals surface area contributed by atoms with Crippen molar-refractivity contribution in [1.29, 1.82) is 0 Å². The summed E-state index contributed by atoms with van der Waals surface area (Å²) >= 11 is 0. The van der Waals surface area contributed by atoms with E-state index < -0.39 is 12.0 Å². The van der Waals surface area contributed by atoms with E-state index in [-0.39, 0.29) is 12.5 Å². The van der Waals surface area contributed by atoms with Crippen LogP contribution in [0.5, 0.6) is 0 Å². The summed E-state index contributed by atoms with van der Waals surface area (Å²) in [6.07, 6.45) is 0. The number of aliphatic carboxylic acids is 1. The molecule has 1 aromatic carbocycles. The molecule has 0 bridgehead atoms. The van der Waals surface area contributed by atoms with Gasteiger partial charge in [-0.3, -0.25) is 14.5 Å². The van der Waals surface area contributed by atoms with Crippen LogP contribution in [-0.2, 0) is 9.59 Å². The van der Waals surface area contributed by atoms with Crippen LogP contribution < -0.4 is 5.32 Å². The van der Waals surface area contributed by atoms with Crippen LogP contribution in [0.4, 0.5) is 0 Å². The molecule has 0 aromatic heterocycles. The van der Waals surface area contributed by atoms with Crippen molar-refractivity contribution in [1.82, 2.24) is 10.2 Å². The van der Waals surface area contributed by atoms with Crippen LogP contribution in [0.2, 0.25) is 0 Å². The van der Waals surface area contributed by atoms with E-state index in [0.717, 1.165) is 0 Å². The third-order valence-corrected chi connectivity index (χ3v) is 2.56. The SMILES string of the molecule is CCNC(=O)CN(C)C(C(=O)O)c1ccccc1. The van der Waals surface area contributed by atoms with Gasteiger partial charge in [0.25, 0.3) is 0 Å². The number of nitrogens with zero attached hydrogens (tertiary/aromatic N) is 1. The molecule has 5 nitrogen and oxygen atoms in total. The number of hydrogen-bond donors (Lipinski definition) is 2. The Kier molecular flexibility index (Phi) is 5.32. The zero-order valence-electron chi connectivity index (χ0n) is 10.6. The largest absolute Gasteiger partial charge is 0.480 e. The molecule has 1 aromatic rings. The molecular weight excluding hydrogens is 232 g/mol. The molecule has 0 aliphatic rings. The van der Waals surface area contributed by atoms with E-state index in [4.69, 9.17) is 0 Å². The molecule has 0 aliphatic carbocycles. The molecule has 0 heterocycles. The van der Waals surface area contributed by atoms with Gasteiger partial charge in [-0.15, -0.1) is 0 Å². The van der Waals surface area contributed by atoms with Gasteiger partial charge in [0, 0.05) is 6.54 Å². The Balaban J connectivity index is 2.80. The molecule has 1 atom stereocenters. The predicted molar refractivity (Wildman–Crippen MR) is 68.1 cm³/mol. The minimum Gasteiger partial charge on any atom is -0.480 e. The Morgan fingerprint density at radius 1 is 1.33 bits per heavy atom. The normalized spacial score (nSPS) is 12.2. The second-order valence-electron chi connectivity index (χ2n) is 4.02. The van der Waals surface area contributed by atoms with E-state index in [1.807, 2.05) is 13.0 Å². The first kappa shape index (κ1) is 14.2. The highest BCUT2D eigenvalue weighted by Crippen LogP contribution is 2.18. The number of nitrogens with one attached hydrogen (secondary N) is 1. The fourth-order valence-electron chi connectivity index (χ4n) is 1.79. The van der Waals surface area contributed by atoms with Gasteiger partial charge < -0.3 is 10.4 Å². The van der Waals surface area contributed by atoms with Crippen LogP contribution in [0.15, 0.2) is 30.3 Å². The van der Waals surface area contributed by atoms with Crippen LogP contribution in [-0.4, -0.2) is 42.0 Å². The molecule has 0 aliphatic heterocycles. The van der Waals surface area contributed by atoms with Gasteiger partial charge in [0.15, 0.2) is 0 Å². The van der Waals surface area contributed by atoms with E-state index >= 15 is 0 Å². The third-order valence-electron chi connectivity index (χ3n) is 2.56. The lowest BCUT2D eigenvalue weighted by Gasteiger charge is -2.24. The Morgan fingerprint density at radius 3 is 2.44 bits per heavy atom. The average Bonchev–Trinajstić information content (AvgIpc) is 2.30. The van der Waals surface area contributed by atoms with Gasteiger partial charge in [0.1, 0.15) is 6.04 Å². The quantitative estimate of drug-likeness (QED) is 0.786. The smallest absolute Gasteiger partial charge is 0.325 e. The molecule has 1 amide bonds. The van der Waals surface area contributed by atoms with Gasteiger partial charge in [0.2, 0.25) is 5.91 Å². The molecular formula is C13H18N2O3. The molecule has 0 fully saturated rings. The van der Waals surface area contributed by atoms with Gasteiger partial charge >= 0.3 is 5.97 Å². The van der Waals surface area contributed by atoms with Crippen molar-refractivity contribution in [3.05, 3.63) is 35.9 Å². The Morgan fingerprint density at radius 2 is 1.94 bits per heavy atom. The van der Waals surface area contributed by atoms with Crippen LogP contribution in [0.3, 0.4) is 0 Å². The second-order valence-corrected chi connectivity index (χ2v) is 4.02. The Hall–Kier alpha value is -1.88. The number of likely N-dealkylation sites (N-methyl/N-ethyl adjacent to an activating group) is 2. The Bertz CT molecular complexity index is 406. The second kappa shape index (κ2) is 6.76. The van der Waals surface area contributed by atoms with Gasteiger partial charge in [-0.2, -0.15) is 0 Å². The standard InChI is InChI=1S/C13H18N2O3/c1-3-14-11(16)9-15(2)12(13(17)18)10-7-5-4-6-8-10/h4-8,12H,3,9H2,1-2H3,(H,14,16)(H,17,18). The van der Waals surface area contributed by atoms with E-state index in [0.29, 0.717) is 12.1 Å². The number of amides is 1. The summed E-state index contributed by atoms with van der Waals surface area (Å²) in [5.74, 6) is -1.14.